The summed E-state index contributed by atoms with van der Waals surface area (Å²) in [6.45, 7) is 0.436. The highest BCUT2D eigenvalue weighted by atomic mass is 32.2. The van der Waals surface area contributed by atoms with Crippen LogP contribution in [0.1, 0.15) is 11.3 Å². The van der Waals surface area contributed by atoms with Gasteiger partial charge in [0.05, 0.1) is 16.8 Å². The molecule has 3 rings (SSSR count). The Morgan fingerprint density at radius 2 is 1.96 bits per heavy atom. The Labute approximate surface area is 151 Å². The van der Waals surface area contributed by atoms with Crippen LogP contribution in [-0.2, 0) is 21.2 Å². The van der Waals surface area contributed by atoms with Gasteiger partial charge in [0.25, 0.3) is 0 Å². The molecule has 8 heteroatoms. The van der Waals surface area contributed by atoms with Crippen LogP contribution in [0.4, 0.5) is 0 Å². The number of nitrogens with zero attached hydrogens (tertiary/aromatic N) is 2. The van der Waals surface area contributed by atoms with E-state index in [9.17, 15) is 13.2 Å². The molecule has 2 aromatic heterocycles. The van der Waals surface area contributed by atoms with E-state index in [1.807, 2.05) is 28.8 Å². The molecule has 1 aromatic carbocycles. The first-order valence-electron chi connectivity index (χ1n) is 7.93. The molecule has 3 aromatic rings. The van der Waals surface area contributed by atoms with Crippen molar-refractivity contribution in [3.05, 3.63) is 72.2 Å². The average molecular weight is 370 g/mol. The molecule has 0 saturated carbocycles. The molecule has 26 heavy (non-hydrogen) atoms. The molecule has 2 heterocycles. The fraction of sp³-hybridized carbons (Fsp3) is 0.111. The minimum atomic E-state index is -3.68. The van der Waals surface area contributed by atoms with Gasteiger partial charge in [-0.05, 0) is 42.3 Å². The second kappa shape index (κ2) is 7.51. The number of carbonyl (C=O) groups excluding carboxylic acids is 1. The summed E-state index contributed by atoms with van der Waals surface area (Å²) in [5.74, 6) is -0.211. The second-order valence-electron chi connectivity index (χ2n) is 5.68. The van der Waals surface area contributed by atoms with E-state index in [1.165, 1.54) is 18.2 Å². The van der Waals surface area contributed by atoms with Crippen molar-refractivity contribution in [1.82, 2.24) is 14.7 Å². The molecule has 0 radical (unpaired) electrons. The fourth-order valence-corrected chi connectivity index (χ4v) is 2.99. The van der Waals surface area contributed by atoms with Crippen molar-refractivity contribution in [3.63, 3.8) is 0 Å². The molecule has 1 amide bonds. The van der Waals surface area contributed by atoms with E-state index in [4.69, 9.17) is 5.14 Å². The van der Waals surface area contributed by atoms with Crippen LogP contribution in [0.3, 0.4) is 0 Å². The quantitative estimate of drug-likeness (QED) is 0.639. The molecule has 0 aliphatic carbocycles. The summed E-state index contributed by atoms with van der Waals surface area (Å²) in [4.78, 5) is 16.2. The summed E-state index contributed by atoms with van der Waals surface area (Å²) < 4.78 is 24.3. The Kier molecular flexibility index (Phi) is 5.15. The van der Waals surface area contributed by atoms with Gasteiger partial charge in [-0.3, -0.25) is 4.79 Å². The van der Waals surface area contributed by atoms with E-state index in [0.717, 1.165) is 16.9 Å². The number of carbonyl (C=O) groups is 1. The van der Waals surface area contributed by atoms with Crippen molar-refractivity contribution in [1.29, 1.82) is 0 Å². The highest BCUT2D eigenvalue weighted by molar-refractivity contribution is 7.89. The summed E-state index contributed by atoms with van der Waals surface area (Å²) >= 11 is 0. The van der Waals surface area contributed by atoms with E-state index in [0.29, 0.717) is 13.0 Å². The number of nitrogens with one attached hydrogen (secondary N) is 1. The molecule has 0 atom stereocenters. The highest BCUT2D eigenvalue weighted by Gasteiger charge is 2.06. The molecular weight excluding hydrogens is 352 g/mol. The van der Waals surface area contributed by atoms with Crippen LogP contribution in [0.5, 0.6) is 0 Å². The number of sulfonamides is 1. The number of rotatable bonds is 6. The molecule has 0 bridgehead atoms. The van der Waals surface area contributed by atoms with Crippen LogP contribution in [0.15, 0.2) is 65.8 Å². The van der Waals surface area contributed by atoms with Crippen molar-refractivity contribution in [2.45, 2.75) is 11.3 Å². The number of hydrogen-bond donors (Lipinski definition) is 2. The van der Waals surface area contributed by atoms with Crippen molar-refractivity contribution in [2.24, 2.45) is 5.14 Å². The van der Waals surface area contributed by atoms with E-state index in [1.54, 1.807) is 24.4 Å². The van der Waals surface area contributed by atoms with Gasteiger partial charge in [0.15, 0.2) is 0 Å². The molecule has 0 spiro atoms. The molecule has 0 unspecified atom stereocenters. The average Bonchev–Trinajstić information content (AvgIpc) is 3.03. The van der Waals surface area contributed by atoms with Gasteiger partial charge in [0, 0.05) is 18.8 Å². The second-order valence-corrected chi connectivity index (χ2v) is 7.24. The molecule has 0 aliphatic heterocycles. The minimum absolute atomic E-state index is 0.0706. The van der Waals surface area contributed by atoms with Crippen LogP contribution in [0, 0.1) is 0 Å². The zero-order valence-corrected chi connectivity index (χ0v) is 14.7. The fourth-order valence-electron chi connectivity index (χ4n) is 2.47. The summed E-state index contributed by atoms with van der Waals surface area (Å²) in [7, 11) is -3.68. The maximum Gasteiger partial charge on any atom is 0.244 e. The van der Waals surface area contributed by atoms with Crippen LogP contribution < -0.4 is 10.5 Å². The van der Waals surface area contributed by atoms with Gasteiger partial charge in [-0.15, -0.1) is 0 Å². The van der Waals surface area contributed by atoms with Crippen LogP contribution in [0.25, 0.3) is 11.7 Å². The summed E-state index contributed by atoms with van der Waals surface area (Å²) in [6, 6.07) is 12.0. The number of hydrogen-bond acceptors (Lipinski definition) is 4. The number of primary sulfonamides is 1. The normalized spacial score (nSPS) is 11.9. The van der Waals surface area contributed by atoms with Crippen molar-refractivity contribution < 1.29 is 13.2 Å². The molecule has 0 fully saturated rings. The lowest BCUT2D eigenvalue weighted by atomic mass is 10.1. The van der Waals surface area contributed by atoms with Crippen LogP contribution >= 0.6 is 0 Å². The Bertz CT molecular complexity index is 1050. The molecule has 0 aliphatic rings. The SMILES string of the molecule is NS(=O)(=O)c1ccc(CCNC(=O)/C=C/c2cnc3ccccn23)cc1. The predicted octanol–water partition coefficient (Wildman–Crippen LogP) is 1.35. The lowest BCUT2D eigenvalue weighted by molar-refractivity contribution is -0.116. The third kappa shape index (κ3) is 4.35. The smallest absolute Gasteiger partial charge is 0.244 e. The third-order valence-electron chi connectivity index (χ3n) is 3.82. The molecule has 134 valence electrons. The lowest BCUT2D eigenvalue weighted by Gasteiger charge is -2.04. The highest BCUT2D eigenvalue weighted by Crippen LogP contribution is 2.09. The van der Waals surface area contributed by atoms with Crippen molar-refractivity contribution in [2.75, 3.05) is 6.54 Å². The van der Waals surface area contributed by atoms with Crippen molar-refractivity contribution in [3.8, 4) is 0 Å². The van der Waals surface area contributed by atoms with E-state index >= 15 is 0 Å². The number of aromatic nitrogens is 2. The van der Waals surface area contributed by atoms with Crippen LogP contribution in [0.2, 0.25) is 0 Å². The monoisotopic (exact) mass is 370 g/mol. The molecule has 3 N–H and O–H groups in total. The maximum atomic E-state index is 11.9. The molecule has 0 saturated heterocycles. The van der Waals surface area contributed by atoms with E-state index < -0.39 is 10.0 Å². The topological polar surface area (TPSA) is 107 Å². The van der Waals surface area contributed by atoms with Gasteiger partial charge in [-0.1, -0.05) is 18.2 Å². The number of fused-ring (bicyclic) bond motifs is 1. The van der Waals surface area contributed by atoms with Gasteiger partial charge in [0.2, 0.25) is 15.9 Å². The largest absolute Gasteiger partial charge is 0.352 e. The Morgan fingerprint density at radius 3 is 2.69 bits per heavy atom. The first-order chi connectivity index (χ1) is 12.4. The van der Waals surface area contributed by atoms with Crippen molar-refractivity contribution >= 4 is 27.7 Å². The van der Waals surface area contributed by atoms with Gasteiger partial charge in [-0.25, -0.2) is 18.5 Å². The zero-order chi connectivity index (χ0) is 18.6. The zero-order valence-electron chi connectivity index (χ0n) is 13.9. The van der Waals surface area contributed by atoms with Gasteiger partial charge >= 0.3 is 0 Å². The number of amides is 1. The van der Waals surface area contributed by atoms with Gasteiger partial charge in [-0.2, -0.15) is 0 Å². The molecule has 7 nitrogen and oxygen atoms in total. The van der Waals surface area contributed by atoms with Crippen LogP contribution in [-0.4, -0.2) is 30.3 Å². The number of benzene rings is 1. The standard InChI is InChI=1S/C18H18N4O3S/c19-26(24,25)16-7-4-14(5-8-16)10-11-20-18(23)9-6-15-13-21-17-3-1-2-12-22(15)17/h1-9,12-13H,10-11H2,(H,20,23)(H2,19,24,25)/b9-6+. The first-order valence-corrected chi connectivity index (χ1v) is 9.48. The summed E-state index contributed by atoms with van der Waals surface area (Å²) in [5.41, 5.74) is 2.54. The lowest BCUT2D eigenvalue weighted by Crippen LogP contribution is -2.23. The predicted molar refractivity (Wildman–Crippen MR) is 98.8 cm³/mol. The summed E-state index contributed by atoms with van der Waals surface area (Å²) in [6.07, 6.45) is 7.33. The Hall–Kier alpha value is -2.97. The summed E-state index contributed by atoms with van der Waals surface area (Å²) in [5, 5.41) is 7.84. The minimum Gasteiger partial charge on any atom is -0.352 e. The van der Waals surface area contributed by atoms with E-state index in [2.05, 4.69) is 10.3 Å². The van der Waals surface area contributed by atoms with Gasteiger partial charge < -0.3 is 9.72 Å². The molecular formula is C18H18N4O3S. The van der Waals surface area contributed by atoms with E-state index in [-0.39, 0.29) is 10.8 Å². The Balaban J connectivity index is 1.53. The Morgan fingerprint density at radius 1 is 1.19 bits per heavy atom. The first kappa shape index (κ1) is 17.8. The third-order valence-corrected chi connectivity index (χ3v) is 4.75. The maximum absolute atomic E-state index is 11.9. The number of imidazole rings is 1. The van der Waals surface area contributed by atoms with Gasteiger partial charge in [0.1, 0.15) is 5.65 Å². The number of nitrogens with two attached hydrogens (primary N) is 1. The number of pyridine rings is 1.